The van der Waals surface area contributed by atoms with E-state index in [0.717, 1.165) is 6.07 Å². The summed E-state index contributed by atoms with van der Waals surface area (Å²) in [4.78, 5) is 13.1. The van der Waals surface area contributed by atoms with Gasteiger partial charge in [-0.25, -0.2) is 8.78 Å². The molecule has 1 amide bonds. The average Bonchev–Trinajstić information content (AvgIpc) is 2.90. The number of benzene rings is 2. The third-order valence-electron chi connectivity index (χ3n) is 4.48. The quantitative estimate of drug-likeness (QED) is 0.900. The minimum absolute atomic E-state index is 0.126. The van der Waals surface area contributed by atoms with Gasteiger partial charge in [-0.15, -0.1) is 0 Å². The van der Waals surface area contributed by atoms with Gasteiger partial charge >= 0.3 is 0 Å². The second kappa shape index (κ2) is 6.67. The summed E-state index contributed by atoms with van der Waals surface area (Å²) in [7, 11) is 0. The van der Waals surface area contributed by atoms with Crippen LogP contribution in [0, 0.1) is 11.6 Å². The largest absolute Gasteiger partial charge is 0.366 e. The molecule has 2 atom stereocenters. The van der Waals surface area contributed by atoms with Crippen molar-refractivity contribution in [3.05, 3.63) is 70.8 Å². The minimum Gasteiger partial charge on any atom is -0.366 e. The summed E-state index contributed by atoms with van der Waals surface area (Å²) in [5.74, 6) is -1.53. The summed E-state index contributed by atoms with van der Waals surface area (Å²) in [6.07, 6.45) is 0. The Morgan fingerprint density at radius 1 is 1.12 bits per heavy atom. The van der Waals surface area contributed by atoms with Gasteiger partial charge < -0.3 is 11.5 Å². The van der Waals surface area contributed by atoms with Gasteiger partial charge in [0.1, 0.15) is 11.6 Å². The minimum atomic E-state index is -0.664. The van der Waals surface area contributed by atoms with Gasteiger partial charge in [0.15, 0.2) is 0 Å². The van der Waals surface area contributed by atoms with Crippen LogP contribution in [0.4, 0.5) is 8.78 Å². The molecule has 6 heteroatoms. The normalized spacial score (nSPS) is 21.1. The Hall–Kier alpha value is -2.31. The highest BCUT2D eigenvalue weighted by Gasteiger charge is 2.33. The van der Waals surface area contributed by atoms with Crippen LogP contribution in [0.3, 0.4) is 0 Å². The number of amides is 1. The van der Waals surface area contributed by atoms with Crippen molar-refractivity contribution < 1.29 is 13.6 Å². The second-order valence-electron chi connectivity index (χ2n) is 6.16. The number of carbonyl (C=O) groups excluding carboxylic acids is 1. The van der Waals surface area contributed by atoms with Crippen LogP contribution in [-0.2, 0) is 6.54 Å². The predicted molar refractivity (Wildman–Crippen MR) is 87.3 cm³/mol. The van der Waals surface area contributed by atoms with Gasteiger partial charge in [0.05, 0.1) is 0 Å². The number of rotatable bonds is 4. The van der Waals surface area contributed by atoms with Crippen LogP contribution < -0.4 is 11.5 Å². The monoisotopic (exact) mass is 331 g/mol. The van der Waals surface area contributed by atoms with Crippen molar-refractivity contribution in [2.24, 2.45) is 11.5 Å². The zero-order valence-corrected chi connectivity index (χ0v) is 13.1. The maximum atomic E-state index is 14.1. The van der Waals surface area contributed by atoms with E-state index in [-0.39, 0.29) is 23.3 Å². The number of likely N-dealkylation sites (tertiary alicyclic amines) is 1. The number of hydrogen-bond donors (Lipinski definition) is 2. The number of primary amides is 1. The van der Waals surface area contributed by atoms with Crippen LogP contribution >= 0.6 is 0 Å². The molecule has 3 rings (SSSR count). The molecule has 4 nitrogen and oxygen atoms in total. The van der Waals surface area contributed by atoms with E-state index in [4.69, 9.17) is 11.5 Å². The highest BCUT2D eigenvalue weighted by atomic mass is 19.1. The first-order valence-electron chi connectivity index (χ1n) is 7.76. The summed E-state index contributed by atoms with van der Waals surface area (Å²) in [6, 6.07) is 10.6. The third kappa shape index (κ3) is 3.29. The molecule has 0 aromatic heterocycles. The van der Waals surface area contributed by atoms with Gasteiger partial charge in [0.25, 0.3) is 0 Å². The Balaban J connectivity index is 1.74. The maximum absolute atomic E-state index is 14.1. The topological polar surface area (TPSA) is 72.4 Å². The van der Waals surface area contributed by atoms with E-state index in [1.165, 1.54) is 12.1 Å². The number of nitrogens with two attached hydrogens (primary N) is 2. The number of halogens is 2. The predicted octanol–water partition coefficient (Wildman–Crippen LogP) is 1.99. The summed E-state index contributed by atoms with van der Waals surface area (Å²) in [5, 5.41) is 0. The fraction of sp³-hybridized carbons (Fsp3) is 0.278. The van der Waals surface area contributed by atoms with E-state index in [0.29, 0.717) is 30.8 Å². The van der Waals surface area contributed by atoms with E-state index in [1.807, 2.05) is 4.90 Å². The summed E-state index contributed by atoms with van der Waals surface area (Å²) >= 11 is 0. The second-order valence-corrected chi connectivity index (χ2v) is 6.16. The Kier molecular flexibility index (Phi) is 4.59. The molecule has 0 saturated carbocycles. The highest BCUT2D eigenvalue weighted by molar-refractivity contribution is 5.92. The molecule has 0 spiro atoms. The number of carbonyl (C=O) groups is 1. The van der Waals surface area contributed by atoms with E-state index >= 15 is 0 Å². The molecule has 1 aliphatic rings. The average molecular weight is 331 g/mol. The molecule has 0 unspecified atom stereocenters. The van der Waals surface area contributed by atoms with Crippen molar-refractivity contribution in [3.63, 3.8) is 0 Å². The molecule has 0 bridgehead atoms. The van der Waals surface area contributed by atoms with Crippen molar-refractivity contribution in [1.82, 2.24) is 4.90 Å². The number of hydrogen-bond acceptors (Lipinski definition) is 3. The van der Waals surface area contributed by atoms with Crippen LogP contribution in [0.25, 0.3) is 0 Å². The standard InChI is InChI=1S/C18H19F2N3O/c19-15-4-2-1-3-13(15)14-9-23(10-17(14)21)8-12-6-5-11(18(22)24)7-16(12)20/h1-7,14,17H,8-10,21H2,(H2,22,24)/t14-,17+/m0/s1. The van der Waals surface area contributed by atoms with Gasteiger partial charge in [-0.2, -0.15) is 0 Å². The molecule has 2 aromatic carbocycles. The summed E-state index contributed by atoms with van der Waals surface area (Å²) < 4.78 is 28.1. The van der Waals surface area contributed by atoms with Gasteiger partial charge in [-0.05, 0) is 23.8 Å². The van der Waals surface area contributed by atoms with Gasteiger partial charge in [-0.1, -0.05) is 24.3 Å². The number of nitrogens with zero attached hydrogens (tertiary/aromatic N) is 1. The highest BCUT2D eigenvalue weighted by Crippen LogP contribution is 2.29. The van der Waals surface area contributed by atoms with Gasteiger partial charge in [-0.3, -0.25) is 9.69 Å². The van der Waals surface area contributed by atoms with Crippen LogP contribution in [0.15, 0.2) is 42.5 Å². The van der Waals surface area contributed by atoms with Crippen molar-refractivity contribution >= 4 is 5.91 Å². The summed E-state index contributed by atoms with van der Waals surface area (Å²) in [5.41, 5.74) is 12.5. The first-order chi connectivity index (χ1) is 11.5. The zero-order chi connectivity index (χ0) is 17.3. The molecule has 0 aliphatic carbocycles. The van der Waals surface area contributed by atoms with Crippen molar-refractivity contribution in [2.45, 2.75) is 18.5 Å². The smallest absolute Gasteiger partial charge is 0.248 e. The van der Waals surface area contributed by atoms with E-state index in [1.54, 1.807) is 24.3 Å². The van der Waals surface area contributed by atoms with Crippen LogP contribution in [-0.4, -0.2) is 29.9 Å². The molecule has 4 N–H and O–H groups in total. The first kappa shape index (κ1) is 16.5. The molecular weight excluding hydrogens is 312 g/mol. The lowest BCUT2D eigenvalue weighted by Gasteiger charge is -2.17. The fourth-order valence-corrected chi connectivity index (χ4v) is 3.22. The Labute approximate surface area is 139 Å². The molecule has 24 heavy (non-hydrogen) atoms. The molecule has 126 valence electrons. The van der Waals surface area contributed by atoms with Crippen molar-refractivity contribution in [2.75, 3.05) is 13.1 Å². The first-order valence-corrected chi connectivity index (χ1v) is 7.76. The van der Waals surface area contributed by atoms with Crippen molar-refractivity contribution in [1.29, 1.82) is 0 Å². The van der Waals surface area contributed by atoms with Gasteiger partial charge in [0.2, 0.25) is 5.91 Å². The molecule has 0 radical (unpaired) electrons. The van der Waals surface area contributed by atoms with E-state index < -0.39 is 11.7 Å². The third-order valence-corrected chi connectivity index (χ3v) is 4.48. The van der Waals surface area contributed by atoms with E-state index in [2.05, 4.69) is 0 Å². The van der Waals surface area contributed by atoms with Crippen LogP contribution in [0.5, 0.6) is 0 Å². The fourth-order valence-electron chi connectivity index (χ4n) is 3.22. The Morgan fingerprint density at radius 2 is 1.88 bits per heavy atom. The van der Waals surface area contributed by atoms with E-state index in [9.17, 15) is 13.6 Å². The lowest BCUT2D eigenvalue weighted by Crippen LogP contribution is -2.29. The summed E-state index contributed by atoms with van der Waals surface area (Å²) in [6.45, 7) is 1.46. The lowest BCUT2D eigenvalue weighted by atomic mass is 9.94. The van der Waals surface area contributed by atoms with Crippen molar-refractivity contribution in [3.8, 4) is 0 Å². The molecule has 1 heterocycles. The van der Waals surface area contributed by atoms with Gasteiger partial charge in [0, 0.05) is 42.7 Å². The lowest BCUT2D eigenvalue weighted by molar-refractivity contribution is 0.1000. The van der Waals surface area contributed by atoms with Crippen LogP contribution in [0.1, 0.15) is 27.4 Å². The molecule has 1 saturated heterocycles. The Bertz CT molecular complexity index is 766. The maximum Gasteiger partial charge on any atom is 0.248 e. The molecular formula is C18H19F2N3O. The molecule has 2 aromatic rings. The SMILES string of the molecule is NC(=O)c1ccc(CN2C[C@@H](N)[C@H](c3ccccc3F)C2)c(F)c1. The molecule has 1 aliphatic heterocycles. The zero-order valence-electron chi connectivity index (χ0n) is 13.1. The van der Waals surface area contributed by atoms with Crippen LogP contribution in [0.2, 0.25) is 0 Å². The Morgan fingerprint density at radius 3 is 2.54 bits per heavy atom. The molecule has 1 fully saturated rings.